The first-order valence-electron chi connectivity index (χ1n) is 8.25. The molecule has 0 spiro atoms. The van der Waals surface area contributed by atoms with Crippen LogP contribution in [0.2, 0.25) is 5.02 Å². The molecule has 0 aromatic heterocycles. The van der Waals surface area contributed by atoms with E-state index < -0.39 is 5.60 Å². The molecule has 1 aromatic rings. The Labute approximate surface area is 144 Å². The summed E-state index contributed by atoms with van der Waals surface area (Å²) in [7, 11) is 0. The number of hydrogen-bond acceptors (Lipinski definition) is 3. The number of ether oxygens (including phenoxy) is 1. The predicted octanol–water partition coefficient (Wildman–Crippen LogP) is 4.39. The molecule has 4 nitrogen and oxygen atoms in total. The number of benzene rings is 1. The number of halogens is 1. The van der Waals surface area contributed by atoms with Gasteiger partial charge in [0.2, 0.25) is 0 Å². The minimum Gasteiger partial charge on any atom is -0.444 e. The highest BCUT2D eigenvalue weighted by Crippen LogP contribution is 2.28. The Balaban J connectivity index is 1.82. The van der Waals surface area contributed by atoms with Crippen molar-refractivity contribution in [2.24, 2.45) is 0 Å². The molecule has 5 heteroatoms. The fourth-order valence-corrected chi connectivity index (χ4v) is 2.53. The summed E-state index contributed by atoms with van der Waals surface area (Å²) in [6, 6.07) is 8.39. The molecule has 1 unspecified atom stereocenters. The number of hydrogen-bond donors (Lipinski definition) is 1. The summed E-state index contributed by atoms with van der Waals surface area (Å²) < 4.78 is 5.50. The average Bonchev–Trinajstić information content (AvgIpc) is 3.26. The number of nitrogens with one attached hydrogen (secondary N) is 1. The van der Waals surface area contributed by atoms with Crippen LogP contribution < -0.4 is 5.32 Å². The fourth-order valence-electron chi connectivity index (χ4n) is 2.40. The first-order chi connectivity index (χ1) is 10.8. The van der Waals surface area contributed by atoms with Gasteiger partial charge in [-0.3, -0.25) is 0 Å². The normalized spacial score (nSPS) is 16.0. The number of carbonyl (C=O) groups is 1. The van der Waals surface area contributed by atoms with Crippen molar-refractivity contribution in [3.05, 3.63) is 34.9 Å². The van der Waals surface area contributed by atoms with Crippen molar-refractivity contribution in [2.45, 2.75) is 58.2 Å². The maximum atomic E-state index is 12.3. The first kappa shape index (κ1) is 18.1. The molecule has 1 amide bonds. The quantitative estimate of drug-likeness (QED) is 0.836. The molecule has 1 aromatic carbocycles. The predicted molar refractivity (Wildman–Crippen MR) is 93.8 cm³/mol. The van der Waals surface area contributed by atoms with Gasteiger partial charge in [-0.2, -0.15) is 0 Å². The summed E-state index contributed by atoms with van der Waals surface area (Å²) in [6.07, 6.45) is 1.94. The van der Waals surface area contributed by atoms with E-state index in [0.29, 0.717) is 12.6 Å². The van der Waals surface area contributed by atoms with Gasteiger partial charge in [0.05, 0.1) is 0 Å². The summed E-state index contributed by atoms with van der Waals surface area (Å²) in [5.41, 5.74) is 0.735. The van der Waals surface area contributed by atoms with E-state index in [0.717, 1.165) is 24.4 Å². The van der Waals surface area contributed by atoms with Gasteiger partial charge in [-0.25, -0.2) is 4.79 Å². The van der Waals surface area contributed by atoms with Crippen molar-refractivity contribution < 1.29 is 9.53 Å². The van der Waals surface area contributed by atoms with Gasteiger partial charge in [0.1, 0.15) is 5.60 Å². The zero-order chi connectivity index (χ0) is 17.0. The summed E-state index contributed by atoms with van der Waals surface area (Å²) in [4.78, 5) is 14.1. The van der Waals surface area contributed by atoms with Gasteiger partial charge in [-0.1, -0.05) is 23.7 Å². The van der Waals surface area contributed by atoms with E-state index in [9.17, 15) is 4.79 Å². The van der Waals surface area contributed by atoms with Crippen LogP contribution in [0.15, 0.2) is 24.3 Å². The van der Waals surface area contributed by atoms with E-state index in [1.54, 1.807) is 0 Å². The van der Waals surface area contributed by atoms with Crippen molar-refractivity contribution in [1.82, 2.24) is 10.2 Å². The molecule has 128 valence electrons. The van der Waals surface area contributed by atoms with Crippen molar-refractivity contribution >= 4 is 17.7 Å². The Kier molecular flexibility index (Phi) is 5.93. The Bertz CT molecular complexity index is 521. The summed E-state index contributed by atoms with van der Waals surface area (Å²) >= 11 is 5.91. The highest BCUT2D eigenvalue weighted by atomic mass is 35.5. The Morgan fingerprint density at radius 2 is 1.96 bits per heavy atom. The molecule has 1 fully saturated rings. The molecular formula is C18H27ClN2O2. The zero-order valence-electron chi connectivity index (χ0n) is 14.4. The largest absolute Gasteiger partial charge is 0.444 e. The molecule has 1 aliphatic rings. The second-order valence-electron chi connectivity index (χ2n) is 7.13. The van der Waals surface area contributed by atoms with Crippen LogP contribution in [0.1, 0.15) is 52.1 Å². The van der Waals surface area contributed by atoms with Crippen molar-refractivity contribution in [2.75, 3.05) is 13.1 Å². The van der Waals surface area contributed by atoms with E-state index in [2.05, 4.69) is 12.2 Å². The minimum atomic E-state index is -0.450. The lowest BCUT2D eigenvalue weighted by atomic mass is 10.1. The molecular weight excluding hydrogens is 312 g/mol. The maximum Gasteiger partial charge on any atom is 0.410 e. The van der Waals surface area contributed by atoms with E-state index >= 15 is 0 Å². The average molecular weight is 339 g/mol. The summed E-state index contributed by atoms with van der Waals surface area (Å²) in [6.45, 7) is 9.21. The third-order valence-electron chi connectivity index (χ3n) is 3.79. The standard InChI is InChI=1S/C18H27ClN2O2/c1-13(14-5-7-15(19)8-6-14)20-11-12-21(16-9-10-16)17(22)23-18(2,3)4/h5-8,13,16,20H,9-12H2,1-4H3. The maximum absolute atomic E-state index is 12.3. The SMILES string of the molecule is CC(NCCN(C(=O)OC(C)(C)C)C1CC1)c1ccc(Cl)cc1. The van der Waals surface area contributed by atoms with Crippen LogP contribution in [-0.2, 0) is 4.74 Å². The lowest BCUT2D eigenvalue weighted by Crippen LogP contribution is -2.42. The van der Waals surface area contributed by atoms with Crippen LogP contribution in [0.5, 0.6) is 0 Å². The van der Waals surface area contributed by atoms with E-state index in [1.807, 2.05) is 49.9 Å². The fraction of sp³-hybridized carbons (Fsp3) is 0.611. The lowest BCUT2D eigenvalue weighted by Gasteiger charge is -2.28. The third-order valence-corrected chi connectivity index (χ3v) is 4.04. The number of rotatable bonds is 6. The van der Waals surface area contributed by atoms with Crippen molar-refractivity contribution in [3.63, 3.8) is 0 Å². The molecule has 1 saturated carbocycles. The smallest absolute Gasteiger partial charge is 0.410 e. The van der Waals surface area contributed by atoms with Gasteiger partial charge in [0.25, 0.3) is 0 Å². The van der Waals surface area contributed by atoms with Crippen LogP contribution in [0.25, 0.3) is 0 Å². The Morgan fingerprint density at radius 3 is 2.48 bits per heavy atom. The van der Waals surface area contributed by atoms with Gasteiger partial charge >= 0.3 is 6.09 Å². The molecule has 0 heterocycles. The molecule has 0 saturated heterocycles. The molecule has 1 aliphatic carbocycles. The molecule has 1 atom stereocenters. The lowest BCUT2D eigenvalue weighted by molar-refractivity contribution is 0.0235. The van der Waals surface area contributed by atoms with E-state index in [-0.39, 0.29) is 12.1 Å². The highest BCUT2D eigenvalue weighted by Gasteiger charge is 2.34. The summed E-state index contributed by atoms with van der Waals surface area (Å²) in [5, 5.41) is 4.20. The Hall–Kier alpha value is -1.26. The van der Waals surface area contributed by atoms with Crippen LogP contribution in [0, 0.1) is 0 Å². The zero-order valence-corrected chi connectivity index (χ0v) is 15.2. The van der Waals surface area contributed by atoms with Crippen LogP contribution in [0.3, 0.4) is 0 Å². The van der Waals surface area contributed by atoms with Crippen LogP contribution in [0.4, 0.5) is 4.79 Å². The molecule has 23 heavy (non-hydrogen) atoms. The van der Waals surface area contributed by atoms with Gasteiger partial charge in [-0.15, -0.1) is 0 Å². The number of amides is 1. The van der Waals surface area contributed by atoms with Crippen LogP contribution >= 0.6 is 11.6 Å². The molecule has 2 rings (SSSR count). The number of carbonyl (C=O) groups excluding carboxylic acids is 1. The number of nitrogens with zero attached hydrogens (tertiary/aromatic N) is 1. The van der Waals surface area contributed by atoms with Crippen molar-refractivity contribution in [1.29, 1.82) is 0 Å². The van der Waals surface area contributed by atoms with E-state index in [1.165, 1.54) is 5.56 Å². The van der Waals surface area contributed by atoms with Crippen LogP contribution in [-0.4, -0.2) is 35.7 Å². The molecule has 0 aliphatic heterocycles. The molecule has 1 N–H and O–H groups in total. The molecule has 0 bridgehead atoms. The third kappa shape index (κ3) is 6.04. The second kappa shape index (κ2) is 7.54. The first-order valence-corrected chi connectivity index (χ1v) is 8.62. The van der Waals surface area contributed by atoms with Gasteiger partial charge in [0, 0.05) is 30.2 Å². The highest BCUT2D eigenvalue weighted by molar-refractivity contribution is 6.30. The Morgan fingerprint density at radius 1 is 1.35 bits per heavy atom. The van der Waals surface area contributed by atoms with Gasteiger partial charge in [-0.05, 0) is 58.2 Å². The second-order valence-corrected chi connectivity index (χ2v) is 7.57. The van der Waals surface area contributed by atoms with Gasteiger partial charge < -0.3 is 15.0 Å². The minimum absolute atomic E-state index is 0.207. The van der Waals surface area contributed by atoms with Gasteiger partial charge in [0.15, 0.2) is 0 Å². The summed E-state index contributed by atoms with van der Waals surface area (Å²) in [5.74, 6) is 0. The molecule has 0 radical (unpaired) electrons. The van der Waals surface area contributed by atoms with E-state index in [4.69, 9.17) is 16.3 Å². The topological polar surface area (TPSA) is 41.6 Å². The monoisotopic (exact) mass is 338 g/mol. The van der Waals surface area contributed by atoms with Crippen molar-refractivity contribution in [3.8, 4) is 0 Å².